The molecule has 2 amide bonds. The van der Waals surface area contributed by atoms with Crippen LogP contribution in [-0.2, 0) is 11.0 Å². The molecule has 0 radical (unpaired) electrons. The van der Waals surface area contributed by atoms with Gasteiger partial charge in [0.05, 0.1) is 17.4 Å². The van der Waals surface area contributed by atoms with Crippen LogP contribution in [0.25, 0.3) is 11.5 Å². The van der Waals surface area contributed by atoms with E-state index in [4.69, 9.17) is 0 Å². The Morgan fingerprint density at radius 2 is 1.78 bits per heavy atom. The van der Waals surface area contributed by atoms with E-state index in [1.54, 1.807) is 36.0 Å². The predicted molar refractivity (Wildman–Crippen MR) is 113 cm³/mol. The largest absolute Gasteiger partial charge is 0.416 e. The number of carbonyl (C=O) groups excluding carboxylic acids is 2. The molecule has 3 aromatic rings. The molecule has 10 heteroatoms. The van der Waals surface area contributed by atoms with Gasteiger partial charge in [-0.1, -0.05) is 13.0 Å². The van der Waals surface area contributed by atoms with Gasteiger partial charge in [0.2, 0.25) is 5.91 Å². The van der Waals surface area contributed by atoms with Gasteiger partial charge in [-0.05, 0) is 50.6 Å². The predicted octanol–water partition coefficient (Wildman–Crippen LogP) is 3.71. The molecular formula is C22H24F3N5O2. The standard InChI is InChI=1S/C22H24F3N5O2/c1-4-14(2)27-19(31)15(3)28-20(32)18-13-26-30(21(18)29-10-5-6-11-29)17-9-7-8-16(12-17)22(23,24)25/h5-15H,4H2,1-3H3,(H,27,31)(H,28,32). The Hall–Kier alpha value is -3.56. The van der Waals surface area contributed by atoms with E-state index in [0.717, 1.165) is 18.6 Å². The molecule has 2 heterocycles. The van der Waals surface area contributed by atoms with Gasteiger partial charge in [0.15, 0.2) is 5.82 Å². The number of benzene rings is 1. The van der Waals surface area contributed by atoms with Crippen LogP contribution in [0, 0.1) is 0 Å². The van der Waals surface area contributed by atoms with E-state index in [9.17, 15) is 22.8 Å². The summed E-state index contributed by atoms with van der Waals surface area (Å²) in [4.78, 5) is 25.3. The normalized spacial score (nSPS) is 13.4. The highest BCUT2D eigenvalue weighted by Crippen LogP contribution is 2.31. The van der Waals surface area contributed by atoms with Crippen LogP contribution in [0.5, 0.6) is 0 Å². The lowest BCUT2D eigenvalue weighted by Gasteiger charge is -2.18. The quantitative estimate of drug-likeness (QED) is 0.579. The summed E-state index contributed by atoms with van der Waals surface area (Å²) in [6.45, 7) is 5.34. The van der Waals surface area contributed by atoms with E-state index in [2.05, 4.69) is 15.7 Å². The van der Waals surface area contributed by atoms with Crippen LogP contribution in [0.2, 0.25) is 0 Å². The van der Waals surface area contributed by atoms with E-state index in [-0.39, 0.29) is 29.0 Å². The smallest absolute Gasteiger partial charge is 0.352 e. The molecule has 2 atom stereocenters. The van der Waals surface area contributed by atoms with Crippen LogP contribution in [0.1, 0.15) is 43.1 Å². The van der Waals surface area contributed by atoms with Crippen molar-refractivity contribution in [3.05, 3.63) is 66.1 Å². The number of nitrogens with zero attached hydrogens (tertiary/aromatic N) is 3. The van der Waals surface area contributed by atoms with Crippen molar-refractivity contribution in [3.8, 4) is 11.5 Å². The Kier molecular flexibility index (Phi) is 6.71. The molecule has 0 spiro atoms. The van der Waals surface area contributed by atoms with Crippen LogP contribution in [0.3, 0.4) is 0 Å². The van der Waals surface area contributed by atoms with Gasteiger partial charge in [0.25, 0.3) is 5.91 Å². The average molecular weight is 447 g/mol. The van der Waals surface area contributed by atoms with E-state index in [1.807, 2.05) is 13.8 Å². The molecule has 2 aromatic heterocycles. The zero-order chi connectivity index (χ0) is 23.5. The van der Waals surface area contributed by atoms with Gasteiger partial charge in [-0.2, -0.15) is 18.3 Å². The summed E-state index contributed by atoms with van der Waals surface area (Å²) in [7, 11) is 0. The number of hydrogen-bond donors (Lipinski definition) is 2. The Morgan fingerprint density at radius 1 is 1.09 bits per heavy atom. The van der Waals surface area contributed by atoms with Crippen LogP contribution >= 0.6 is 0 Å². The highest BCUT2D eigenvalue weighted by atomic mass is 19.4. The molecular weight excluding hydrogens is 423 g/mol. The molecule has 0 bridgehead atoms. The lowest BCUT2D eigenvalue weighted by molar-refractivity contribution is -0.137. The molecule has 32 heavy (non-hydrogen) atoms. The monoisotopic (exact) mass is 447 g/mol. The summed E-state index contributed by atoms with van der Waals surface area (Å²) in [6, 6.07) is 7.25. The molecule has 0 saturated carbocycles. The van der Waals surface area contributed by atoms with Crippen molar-refractivity contribution in [1.82, 2.24) is 25.0 Å². The van der Waals surface area contributed by atoms with Gasteiger partial charge >= 0.3 is 6.18 Å². The molecule has 0 fully saturated rings. The Balaban J connectivity index is 1.96. The van der Waals surface area contributed by atoms with Crippen molar-refractivity contribution in [2.24, 2.45) is 0 Å². The summed E-state index contributed by atoms with van der Waals surface area (Å²) in [5.41, 5.74) is -0.572. The number of halogens is 3. The van der Waals surface area contributed by atoms with Crippen LogP contribution in [0.4, 0.5) is 13.2 Å². The summed E-state index contributed by atoms with van der Waals surface area (Å²) in [6.07, 6.45) is 0.793. The summed E-state index contributed by atoms with van der Waals surface area (Å²) in [5, 5.41) is 9.59. The second kappa shape index (κ2) is 9.29. The highest BCUT2D eigenvalue weighted by Gasteiger charge is 2.31. The summed E-state index contributed by atoms with van der Waals surface area (Å²) < 4.78 is 42.4. The van der Waals surface area contributed by atoms with Gasteiger partial charge < -0.3 is 15.2 Å². The van der Waals surface area contributed by atoms with E-state index >= 15 is 0 Å². The number of rotatable bonds is 7. The number of hydrogen-bond acceptors (Lipinski definition) is 3. The van der Waals surface area contributed by atoms with Crippen molar-refractivity contribution in [1.29, 1.82) is 0 Å². The lowest BCUT2D eigenvalue weighted by atomic mass is 10.2. The van der Waals surface area contributed by atoms with Crippen LogP contribution in [-0.4, -0.2) is 38.2 Å². The zero-order valence-corrected chi connectivity index (χ0v) is 17.8. The molecule has 7 nitrogen and oxygen atoms in total. The third-order valence-electron chi connectivity index (χ3n) is 5.00. The van der Waals surface area contributed by atoms with E-state index in [0.29, 0.717) is 0 Å². The molecule has 2 unspecified atom stereocenters. The Bertz CT molecular complexity index is 1090. The fraction of sp³-hybridized carbons (Fsp3) is 0.318. The Morgan fingerprint density at radius 3 is 2.41 bits per heavy atom. The molecule has 1 aromatic carbocycles. The zero-order valence-electron chi connectivity index (χ0n) is 17.8. The van der Waals surface area contributed by atoms with Crippen LogP contribution < -0.4 is 10.6 Å². The maximum absolute atomic E-state index is 13.2. The van der Waals surface area contributed by atoms with Gasteiger partial charge in [0, 0.05) is 18.4 Å². The minimum atomic E-state index is -4.52. The number of amides is 2. The van der Waals surface area contributed by atoms with E-state index in [1.165, 1.54) is 23.0 Å². The van der Waals surface area contributed by atoms with Crippen molar-refractivity contribution in [2.45, 2.75) is 45.5 Å². The van der Waals surface area contributed by atoms with Crippen molar-refractivity contribution < 1.29 is 22.8 Å². The highest BCUT2D eigenvalue weighted by molar-refractivity contribution is 5.99. The van der Waals surface area contributed by atoms with Gasteiger partial charge in [0.1, 0.15) is 11.6 Å². The third kappa shape index (κ3) is 5.01. The molecule has 0 saturated heterocycles. The maximum Gasteiger partial charge on any atom is 0.416 e. The number of aromatic nitrogens is 3. The number of carbonyl (C=O) groups is 2. The second-order valence-electron chi connectivity index (χ2n) is 7.45. The molecule has 170 valence electrons. The molecule has 0 aliphatic carbocycles. The first kappa shape index (κ1) is 23.1. The first-order valence-corrected chi connectivity index (χ1v) is 10.1. The summed E-state index contributed by atoms with van der Waals surface area (Å²) >= 11 is 0. The fourth-order valence-electron chi connectivity index (χ4n) is 3.04. The third-order valence-corrected chi connectivity index (χ3v) is 5.00. The second-order valence-corrected chi connectivity index (χ2v) is 7.45. The van der Waals surface area contributed by atoms with Crippen molar-refractivity contribution in [3.63, 3.8) is 0 Å². The van der Waals surface area contributed by atoms with E-state index < -0.39 is 23.7 Å². The molecule has 3 rings (SSSR count). The number of alkyl halides is 3. The van der Waals surface area contributed by atoms with Crippen LogP contribution in [0.15, 0.2) is 55.0 Å². The average Bonchev–Trinajstić information content (AvgIpc) is 3.42. The molecule has 2 N–H and O–H groups in total. The minimum Gasteiger partial charge on any atom is -0.352 e. The number of nitrogens with one attached hydrogen (secondary N) is 2. The molecule has 0 aliphatic heterocycles. The molecule has 0 aliphatic rings. The van der Waals surface area contributed by atoms with Gasteiger partial charge in [-0.25, -0.2) is 4.68 Å². The summed E-state index contributed by atoms with van der Waals surface area (Å²) in [5.74, 6) is -0.652. The topological polar surface area (TPSA) is 81.0 Å². The fourth-order valence-corrected chi connectivity index (χ4v) is 3.04. The van der Waals surface area contributed by atoms with Crippen molar-refractivity contribution in [2.75, 3.05) is 0 Å². The van der Waals surface area contributed by atoms with Gasteiger partial charge in [-0.15, -0.1) is 0 Å². The lowest BCUT2D eigenvalue weighted by Crippen LogP contribution is -2.47. The Labute approximate surface area is 183 Å². The van der Waals surface area contributed by atoms with Gasteiger partial charge in [-0.3, -0.25) is 9.59 Å². The first-order valence-electron chi connectivity index (χ1n) is 10.1. The SMILES string of the molecule is CCC(C)NC(=O)C(C)NC(=O)c1cnn(-c2cccc(C(F)(F)F)c2)c1-n1cccc1. The first-order chi connectivity index (χ1) is 15.1. The van der Waals surface area contributed by atoms with Crippen molar-refractivity contribution >= 4 is 11.8 Å². The minimum absolute atomic E-state index is 0.0408. The maximum atomic E-state index is 13.2.